The van der Waals surface area contributed by atoms with Gasteiger partial charge in [0.2, 0.25) is 0 Å². The van der Waals surface area contributed by atoms with Crippen molar-refractivity contribution in [2.45, 2.75) is 24.1 Å². The molecular formula is C9H16N4O3S. The topological polar surface area (TPSA) is 98.3 Å². The number of likely N-dealkylation sites (N-methyl/N-ethyl adjacent to an activating group) is 1. The average molecular weight is 260 g/mol. The molecule has 2 rings (SSSR count). The molecule has 1 saturated heterocycles. The van der Waals surface area contributed by atoms with Gasteiger partial charge in [-0.1, -0.05) is 0 Å². The number of hydrogen-bond acceptors (Lipinski definition) is 5. The lowest BCUT2D eigenvalue weighted by Gasteiger charge is -2.12. The lowest BCUT2D eigenvalue weighted by molar-refractivity contribution is 0.278. The monoisotopic (exact) mass is 260 g/mol. The Morgan fingerprint density at radius 3 is 3.06 bits per heavy atom. The first-order valence-electron chi connectivity index (χ1n) is 5.37. The van der Waals surface area contributed by atoms with Gasteiger partial charge in [0.1, 0.15) is 0 Å². The summed E-state index contributed by atoms with van der Waals surface area (Å²) in [7, 11) is -1.67. The first kappa shape index (κ1) is 12.5. The number of aliphatic hydroxyl groups is 1. The highest BCUT2D eigenvalue weighted by molar-refractivity contribution is 7.89. The van der Waals surface area contributed by atoms with Crippen molar-refractivity contribution in [3.63, 3.8) is 0 Å². The molecule has 0 bridgehead atoms. The summed E-state index contributed by atoms with van der Waals surface area (Å²) in [5.41, 5.74) is 0.281. The van der Waals surface area contributed by atoms with Gasteiger partial charge in [0.15, 0.2) is 5.03 Å². The van der Waals surface area contributed by atoms with Crippen LogP contribution in [0.25, 0.3) is 0 Å². The van der Waals surface area contributed by atoms with Gasteiger partial charge in [0.25, 0.3) is 10.0 Å². The molecule has 8 heteroatoms. The Kier molecular flexibility index (Phi) is 3.48. The van der Waals surface area contributed by atoms with Gasteiger partial charge in [-0.05, 0) is 20.0 Å². The molecule has 3 N–H and O–H groups in total. The SMILES string of the molecule is CN1CCC(NS(=O)(=O)c2[nH]ncc2CO)C1. The van der Waals surface area contributed by atoms with Crippen LogP contribution in [0.2, 0.25) is 0 Å². The Morgan fingerprint density at radius 1 is 1.71 bits per heavy atom. The van der Waals surface area contributed by atoms with E-state index in [4.69, 9.17) is 5.11 Å². The Labute approximate surface area is 99.9 Å². The molecule has 1 aromatic heterocycles. The molecule has 1 unspecified atom stereocenters. The van der Waals surface area contributed by atoms with E-state index in [0.29, 0.717) is 6.54 Å². The summed E-state index contributed by atoms with van der Waals surface area (Å²) in [4.78, 5) is 2.06. The van der Waals surface area contributed by atoms with Gasteiger partial charge in [0, 0.05) is 18.2 Å². The maximum atomic E-state index is 12.0. The predicted molar refractivity (Wildman–Crippen MR) is 60.7 cm³/mol. The van der Waals surface area contributed by atoms with Crippen molar-refractivity contribution >= 4 is 10.0 Å². The number of aliphatic hydroxyl groups excluding tert-OH is 1. The number of aromatic nitrogens is 2. The van der Waals surface area contributed by atoms with Gasteiger partial charge in [-0.15, -0.1) is 0 Å². The molecule has 1 aromatic rings. The summed E-state index contributed by atoms with van der Waals surface area (Å²) in [5.74, 6) is 0. The molecule has 1 aliphatic rings. The third-order valence-electron chi connectivity index (χ3n) is 2.83. The fraction of sp³-hybridized carbons (Fsp3) is 0.667. The number of hydrogen-bond donors (Lipinski definition) is 3. The molecule has 0 spiro atoms. The normalized spacial score (nSPS) is 22.1. The molecule has 1 aliphatic heterocycles. The number of likely N-dealkylation sites (tertiary alicyclic amines) is 1. The fourth-order valence-electron chi connectivity index (χ4n) is 1.95. The molecule has 0 aromatic carbocycles. The highest BCUT2D eigenvalue weighted by atomic mass is 32.2. The zero-order chi connectivity index (χ0) is 12.5. The maximum Gasteiger partial charge on any atom is 0.258 e. The van der Waals surface area contributed by atoms with Crippen molar-refractivity contribution in [2.24, 2.45) is 0 Å². The number of sulfonamides is 1. The summed E-state index contributed by atoms with van der Waals surface area (Å²) < 4.78 is 26.7. The number of aromatic amines is 1. The first-order chi connectivity index (χ1) is 8.03. The van der Waals surface area contributed by atoms with E-state index in [1.54, 1.807) is 0 Å². The van der Waals surface area contributed by atoms with Crippen LogP contribution in [0, 0.1) is 0 Å². The van der Waals surface area contributed by atoms with Gasteiger partial charge < -0.3 is 10.0 Å². The number of nitrogens with zero attached hydrogens (tertiary/aromatic N) is 2. The van der Waals surface area contributed by atoms with Crippen LogP contribution in [0.3, 0.4) is 0 Å². The zero-order valence-corrected chi connectivity index (χ0v) is 10.4. The minimum atomic E-state index is -3.62. The van der Waals surface area contributed by atoms with E-state index in [1.165, 1.54) is 6.20 Å². The lowest BCUT2D eigenvalue weighted by Crippen LogP contribution is -2.37. The number of nitrogens with one attached hydrogen (secondary N) is 2. The highest BCUT2D eigenvalue weighted by Crippen LogP contribution is 2.14. The molecule has 0 amide bonds. The van der Waals surface area contributed by atoms with Crippen molar-refractivity contribution in [3.05, 3.63) is 11.8 Å². The van der Waals surface area contributed by atoms with Crippen LogP contribution >= 0.6 is 0 Å². The van der Waals surface area contributed by atoms with E-state index in [-0.39, 0.29) is 23.2 Å². The Morgan fingerprint density at radius 2 is 2.47 bits per heavy atom. The first-order valence-corrected chi connectivity index (χ1v) is 6.85. The molecule has 0 radical (unpaired) electrons. The largest absolute Gasteiger partial charge is 0.392 e. The lowest BCUT2D eigenvalue weighted by atomic mass is 10.3. The minimum Gasteiger partial charge on any atom is -0.392 e. The van der Waals surface area contributed by atoms with Crippen LogP contribution in [0.4, 0.5) is 0 Å². The molecule has 1 atom stereocenters. The van der Waals surface area contributed by atoms with Crippen molar-refractivity contribution in [3.8, 4) is 0 Å². The predicted octanol–water partition coefficient (Wildman–Crippen LogP) is -1.12. The number of rotatable bonds is 4. The summed E-state index contributed by atoms with van der Waals surface area (Å²) >= 11 is 0. The maximum absolute atomic E-state index is 12.0. The van der Waals surface area contributed by atoms with E-state index in [1.807, 2.05) is 7.05 Å². The molecule has 2 heterocycles. The van der Waals surface area contributed by atoms with Crippen LogP contribution in [-0.2, 0) is 16.6 Å². The average Bonchev–Trinajstić information content (AvgIpc) is 2.86. The molecule has 0 aliphatic carbocycles. The van der Waals surface area contributed by atoms with Crippen molar-refractivity contribution < 1.29 is 13.5 Å². The zero-order valence-electron chi connectivity index (χ0n) is 9.55. The van der Waals surface area contributed by atoms with Crippen LogP contribution in [-0.4, -0.2) is 54.8 Å². The van der Waals surface area contributed by atoms with Crippen LogP contribution in [0.1, 0.15) is 12.0 Å². The summed E-state index contributed by atoms with van der Waals surface area (Å²) in [6, 6.07) is -0.0835. The van der Waals surface area contributed by atoms with Gasteiger partial charge in [0.05, 0.1) is 12.8 Å². The summed E-state index contributed by atoms with van der Waals surface area (Å²) in [6.45, 7) is 1.22. The molecule has 0 saturated carbocycles. The van der Waals surface area contributed by atoms with Gasteiger partial charge >= 0.3 is 0 Å². The molecule has 1 fully saturated rings. The second-order valence-corrected chi connectivity index (χ2v) is 5.90. The Bertz CT molecular complexity index is 484. The van der Waals surface area contributed by atoms with E-state index in [9.17, 15) is 8.42 Å². The second kappa shape index (κ2) is 4.73. The fourth-order valence-corrected chi connectivity index (χ4v) is 3.34. The third-order valence-corrected chi connectivity index (χ3v) is 4.36. The van der Waals surface area contributed by atoms with Crippen molar-refractivity contribution in [1.29, 1.82) is 0 Å². The smallest absolute Gasteiger partial charge is 0.258 e. The standard InChI is InChI=1S/C9H16N4O3S/c1-13-3-2-8(5-13)12-17(15,16)9-7(6-14)4-10-11-9/h4,8,12,14H,2-3,5-6H2,1H3,(H,10,11). The molecule has 7 nitrogen and oxygen atoms in total. The Balaban J connectivity index is 2.14. The Hall–Kier alpha value is -0.960. The van der Waals surface area contributed by atoms with Gasteiger partial charge in [-0.3, -0.25) is 5.10 Å². The van der Waals surface area contributed by atoms with E-state index >= 15 is 0 Å². The van der Waals surface area contributed by atoms with Crippen LogP contribution < -0.4 is 4.72 Å². The van der Waals surface area contributed by atoms with Crippen LogP contribution in [0.15, 0.2) is 11.2 Å². The second-order valence-electron chi connectivity index (χ2n) is 4.25. The van der Waals surface area contributed by atoms with Gasteiger partial charge in [-0.25, -0.2) is 13.1 Å². The van der Waals surface area contributed by atoms with Crippen LogP contribution in [0.5, 0.6) is 0 Å². The summed E-state index contributed by atoms with van der Waals surface area (Å²) in [6.07, 6.45) is 2.10. The van der Waals surface area contributed by atoms with Crippen molar-refractivity contribution in [1.82, 2.24) is 19.8 Å². The van der Waals surface area contributed by atoms with Gasteiger partial charge in [-0.2, -0.15) is 5.10 Å². The molecule has 96 valence electrons. The van der Waals surface area contributed by atoms with Crippen molar-refractivity contribution in [2.75, 3.05) is 20.1 Å². The minimum absolute atomic E-state index is 0.0467. The highest BCUT2D eigenvalue weighted by Gasteiger charge is 2.27. The van der Waals surface area contributed by atoms with E-state index in [0.717, 1.165) is 13.0 Å². The third kappa shape index (κ3) is 2.65. The van der Waals surface area contributed by atoms with E-state index < -0.39 is 10.0 Å². The molecule has 17 heavy (non-hydrogen) atoms. The quantitative estimate of drug-likeness (QED) is 0.637. The summed E-state index contributed by atoms with van der Waals surface area (Å²) in [5, 5.41) is 15.0. The van der Waals surface area contributed by atoms with E-state index in [2.05, 4.69) is 19.8 Å². The molecular weight excluding hydrogens is 244 g/mol. The number of H-pyrrole nitrogens is 1.